The van der Waals surface area contributed by atoms with E-state index in [2.05, 4.69) is 0 Å². The zero-order chi connectivity index (χ0) is 21.8. The van der Waals surface area contributed by atoms with E-state index in [9.17, 15) is 14.4 Å². The molecule has 0 radical (unpaired) electrons. The molecule has 0 saturated carbocycles. The van der Waals surface area contributed by atoms with Crippen molar-refractivity contribution in [3.63, 3.8) is 0 Å². The van der Waals surface area contributed by atoms with Crippen LogP contribution in [-0.2, 0) is 42.8 Å². The molecular weight excluding hydrogens is 400 g/mol. The van der Waals surface area contributed by atoms with Crippen LogP contribution < -0.4 is 4.74 Å². The van der Waals surface area contributed by atoms with Gasteiger partial charge in [0.15, 0.2) is 12.4 Å². The van der Waals surface area contributed by atoms with Crippen molar-refractivity contribution in [1.82, 2.24) is 0 Å². The smallest absolute Gasteiger partial charge is 0.305 e. The first-order valence-electron chi connectivity index (χ1n) is 9.36. The van der Waals surface area contributed by atoms with Crippen LogP contribution in [0.1, 0.15) is 32.6 Å². The van der Waals surface area contributed by atoms with Gasteiger partial charge in [0.05, 0.1) is 13.7 Å². The predicted octanol–water partition coefficient (Wildman–Crippen LogP) is 1.26. The molecule has 10 nitrogen and oxygen atoms in total. The van der Waals surface area contributed by atoms with E-state index in [4.69, 9.17) is 33.2 Å². The van der Waals surface area contributed by atoms with Gasteiger partial charge in [0.1, 0.15) is 18.0 Å². The molecule has 2 fully saturated rings. The van der Waals surface area contributed by atoms with E-state index in [0.717, 1.165) is 0 Å². The Morgan fingerprint density at radius 1 is 0.867 bits per heavy atom. The molecule has 10 heteroatoms. The molecule has 2 heterocycles. The Kier molecular flexibility index (Phi) is 6.91. The number of hydrogen-bond acceptors (Lipinski definition) is 10. The number of carbonyl (C=O) groups is 3. The van der Waals surface area contributed by atoms with E-state index in [-0.39, 0.29) is 6.61 Å². The van der Waals surface area contributed by atoms with Crippen molar-refractivity contribution in [1.29, 1.82) is 0 Å². The lowest BCUT2D eigenvalue weighted by Crippen LogP contribution is -2.64. The molecule has 1 aromatic rings. The lowest BCUT2D eigenvalue weighted by atomic mass is 9.97. The van der Waals surface area contributed by atoms with Gasteiger partial charge in [-0.05, 0) is 12.1 Å². The molecule has 0 aromatic heterocycles. The molecule has 2 aliphatic rings. The Bertz CT molecular complexity index is 776. The Hall–Kier alpha value is -2.69. The largest absolute Gasteiger partial charge is 0.497 e. The lowest BCUT2D eigenvalue weighted by Gasteiger charge is -2.47. The maximum atomic E-state index is 11.8. The molecule has 164 valence electrons. The fraction of sp³-hybridized carbons (Fsp3) is 0.550. The molecule has 0 unspecified atom stereocenters. The summed E-state index contributed by atoms with van der Waals surface area (Å²) in [6.07, 6.45) is -5.87. The molecular formula is C20H24O10. The van der Waals surface area contributed by atoms with E-state index >= 15 is 0 Å². The molecule has 0 N–H and O–H groups in total. The monoisotopic (exact) mass is 424 g/mol. The predicted molar refractivity (Wildman–Crippen MR) is 98.1 cm³/mol. The molecule has 6 atom stereocenters. The minimum absolute atomic E-state index is 0.0731. The van der Waals surface area contributed by atoms with Crippen LogP contribution in [0.15, 0.2) is 24.3 Å². The summed E-state index contributed by atoms with van der Waals surface area (Å²) in [4.78, 5) is 34.9. The summed E-state index contributed by atoms with van der Waals surface area (Å²) in [7, 11) is 1.56. The minimum Gasteiger partial charge on any atom is -0.497 e. The number of benzene rings is 1. The third kappa shape index (κ3) is 5.07. The summed E-state index contributed by atoms with van der Waals surface area (Å²) in [6, 6.07) is 7.07. The summed E-state index contributed by atoms with van der Waals surface area (Å²) in [5, 5.41) is 0. The minimum atomic E-state index is -1.28. The van der Waals surface area contributed by atoms with Gasteiger partial charge in [-0.2, -0.15) is 0 Å². The molecule has 0 spiro atoms. The molecule has 30 heavy (non-hydrogen) atoms. The van der Waals surface area contributed by atoms with Crippen molar-refractivity contribution >= 4 is 17.9 Å². The second-order valence-electron chi connectivity index (χ2n) is 6.84. The van der Waals surface area contributed by atoms with Gasteiger partial charge in [-0.3, -0.25) is 14.4 Å². The van der Waals surface area contributed by atoms with E-state index in [1.165, 1.54) is 20.8 Å². The van der Waals surface area contributed by atoms with Gasteiger partial charge in [0.2, 0.25) is 12.4 Å². The molecule has 0 aliphatic carbocycles. The number of fused-ring (bicyclic) bond motifs is 1. The Morgan fingerprint density at radius 2 is 1.47 bits per heavy atom. The van der Waals surface area contributed by atoms with Crippen LogP contribution in [0.4, 0.5) is 0 Å². The maximum Gasteiger partial charge on any atom is 0.305 e. The quantitative estimate of drug-likeness (QED) is 0.505. The van der Waals surface area contributed by atoms with Crippen LogP contribution in [0.25, 0.3) is 0 Å². The van der Waals surface area contributed by atoms with E-state index < -0.39 is 54.9 Å². The summed E-state index contributed by atoms with van der Waals surface area (Å²) in [6.45, 7) is 3.67. The fourth-order valence-electron chi connectivity index (χ4n) is 3.38. The molecule has 1 aromatic carbocycles. The van der Waals surface area contributed by atoms with Crippen molar-refractivity contribution in [3.05, 3.63) is 29.8 Å². The van der Waals surface area contributed by atoms with Gasteiger partial charge in [0, 0.05) is 26.3 Å². The van der Waals surface area contributed by atoms with Crippen LogP contribution in [0.3, 0.4) is 0 Å². The highest BCUT2D eigenvalue weighted by molar-refractivity contribution is 5.68. The second-order valence-corrected chi connectivity index (χ2v) is 6.84. The standard InChI is InChI=1S/C20H24O10/c1-10(21)26-17-16-15(29-20(28-12(3)23)18(17)27-11(2)22)9-25-19(30-16)13-5-7-14(24-4)8-6-13/h5-8,15-20H,9H2,1-4H3/t15-,16-,17+,18-,19-,20-/m1/s1. The van der Waals surface area contributed by atoms with Gasteiger partial charge in [-0.1, -0.05) is 12.1 Å². The van der Waals surface area contributed by atoms with Gasteiger partial charge in [0.25, 0.3) is 0 Å². The third-order valence-electron chi connectivity index (χ3n) is 4.56. The van der Waals surface area contributed by atoms with E-state index in [1.807, 2.05) is 0 Å². The SMILES string of the molecule is COc1ccc([C@@H]2OC[C@H]3O[C@@H](OC(C)=O)[C@H](OC(C)=O)[C@@H](OC(C)=O)[C@@H]3O2)cc1. The van der Waals surface area contributed by atoms with Crippen molar-refractivity contribution in [2.24, 2.45) is 0 Å². The topological polar surface area (TPSA) is 116 Å². The molecule has 3 rings (SSSR count). The van der Waals surface area contributed by atoms with Gasteiger partial charge in [-0.15, -0.1) is 0 Å². The van der Waals surface area contributed by atoms with Crippen LogP contribution in [0, 0.1) is 0 Å². The number of hydrogen-bond donors (Lipinski definition) is 0. The van der Waals surface area contributed by atoms with Crippen LogP contribution in [0.2, 0.25) is 0 Å². The van der Waals surface area contributed by atoms with Crippen LogP contribution in [-0.4, -0.2) is 62.3 Å². The maximum absolute atomic E-state index is 11.8. The van der Waals surface area contributed by atoms with Gasteiger partial charge < -0.3 is 33.2 Å². The molecule has 2 aliphatic heterocycles. The number of rotatable bonds is 5. The van der Waals surface area contributed by atoms with Crippen LogP contribution in [0.5, 0.6) is 5.75 Å². The van der Waals surface area contributed by atoms with Crippen molar-refractivity contribution in [2.75, 3.05) is 13.7 Å². The summed E-state index contributed by atoms with van der Waals surface area (Å²) < 4.78 is 38.5. The number of methoxy groups -OCH3 is 1. The Morgan fingerprint density at radius 3 is 2.03 bits per heavy atom. The van der Waals surface area contributed by atoms with Gasteiger partial charge >= 0.3 is 17.9 Å². The van der Waals surface area contributed by atoms with Crippen molar-refractivity contribution in [2.45, 2.75) is 57.8 Å². The Balaban J connectivity index is 1.87. The number of ether oxygens (including phenoxy) is 7. The normalized spacial score (nSPS) is 30.5. The highest BCUT2D eigenvalue weighted by atomic mass is 16.8. The lowest BCUT2D eigenvalue weighted by molar-refractivity contribution is -0.356. The second kappa shape index (κ2) is 9.41. The first-order valence-corrected chi connectivity index (χ1v) is 9.36. The zero-order valence-electron chi connectivity index (χ0n) is 17.1. The summed E-state index contributed by atoms with van der Waals surface area (Å²) in [5.74, 6) is -1.25. The molecule has 0 bridgehead atoms. The van der Waals surface area contributed by atoms with Crippen molar-refractivity contribution < 1.29 is 47.5 Å². The molecule has 2 saturated heterocycles. The van der Waals surface area contributed by atoms with Crippen molar-refractivity contribution in [3.8, 4) is 5.75 Å². The molecule has 0 amide bonds. The summed E-state index contributed by atoms with van der Waals surface area (Å²) in [5.41, 5.74) is 0.710. The van der Waals surface area contributed by atoms with E-state index in [0.29, 0.717) is 11.3 Å². The number of carbonyl (C=O) groups excluding carboxylic acids is 3. The zero-order valence-corrected chi connectivity index (χ0v) is 17.1. The van der Waals surface area contributed by atoms with Gasteiger partial charge in [-0.25, -0.2) is 0 Å². The third-order valence-corrected chi connectivity index (χ3v) is 4.56. The average Bonchev–Trinajstić information content (AvgIpc) is 2.69. The first-order chi connectivity index (χ1) is 14.3. The highest BCUT2D eigenvalue weighted by Gasteiger charge is 2.54. The van der Waals surface area contributed by atoms with E-state index in [1.54, 1.807) is 31.4 Å². The number of esters is 3. The average molecular weight is 424 g/mol. The highest BCUT2D eigenvalue weighted by Crippen LogP contribution is 2.37. The Labute approximate surface area is 173 Å². The van der Waals surface area contributed by atoms with Crippen LogP contribution >= 0.6 is 0 Å². The fourth-order valence-corrected chi connectivity index (χ4v) is 3.38. The first kappa shape index (κ1) is 22.0. The summed E-state index contributed by atoms with van der Waals surface area (Å²) >= 11 is 0.